The molecule has 62 valence electrons. The van der Waals surface area contributed by atoms with E-state index in [4.69, 9.17) is 0 Å². The predicted octanol–water partition coefficient (Wildman–Crippen LogP) is 4.19. The van der Waals surface area contributed by atoms with Crippen molar-refractivity contribution in [2.24, 2.45) is 5.92 Å². The van der Waals surface area contributed by atoms with Gasteiger partial charge in [0.05, 0.1) is 0 Å². The molecule has 0 aromatic rings. The Labute approximate surface area is 74.7 Å². The van der Waals surface area contributed by atoms with Gasteiger partial charge in [0.1, 0.15) is 0 Å². The van der Waals surface area contributed by atoms with Crippen molar-refractivity contribution in [3.05, 3.63) is 0 Å². The molecule has 0 aliphatic rings. The lowest BCUT2D eigenvalue weighted by molar-refractivity contribution is 0.535. The van der Waals surface area contributed by atoms with Crippen molar-refractivity contribution in [2.75, 3.05) is 6.16 Å². The molecular weight excluding hydrogens is 207 g/mol. The standard InChI is InChI=1S/C8H18BrP/c1-8(2)6-4-3-5-7-10-9/h8,10H,3-7H2,1-2H3. The molecule has 0 saturated carbocycles. The molecular formula is C8H18BrP. The summed E-state index contributed by atoms with van der Waals surface area (Å²) in [5.74, 6) is 0.895. The van der Waals surface area contributed by atoms with E-state index >= 15 is 0 Å². The Kier molecular flexibility index (Phi) is 8.74. The van der Waals surface area contributed by atoms with Gasteiger partial charge in [0.2, 0.25) is 0 Å². The molecule has 2 heteroatoms. The van der Waals surface area contributed by atoms with Crippen LogP contribution in [0.4, 0.5) is 0 Å². The average molecular weight is 225 g/mol. The van der Waals surface area contributed by atoms with Crippen LogP contribution in [0.5, 0.6) is 0 Å². The van der Waals surface area contributed by atoms with E-state index in [1.807, 2.05) is 0 Å². The molecule has 0 N–H and O–H groups in total. The lowest BCUT2D eigenvalue weighted by Gasteiger charge is -2.02. The second-order valence-corrected chi connectivity index (χ2v) is 5.58. The minimum atomic E-state index is 0.895. The van der Waals surface area contributed by atoms with Gasteiger partial charge in [-0.05, 0) is 18.5 Å². The lowest BCUT2D eigenvalue weighted by Crippen LogP contribution is -1.86. The van der Waals surface area contributed by atoms with E-state index in [9.17, 15) is 0 Å². The molecule has 0 bridgehead atoms. The Bertz CT molecular complexity index is 64.3. The van der Waals surface area contributed by atoms with Crippen LogP contribution in [0.15, 0.2) is 0 Å². The normalized spacial score (nSPS) is 12.0. The summed E-state index contributed by atoms with van der Waals surface area (Å²) in [5, 5.41) is 0. The van der Waals surface area contributed by atoms with Gasteiger partial charge in [-0.25, -0.2) is 0 Å². The molecule has 0 aliphatic carbocycles. The lowest BCUT2D eigenvalue weighted by atomic mass is 10.1. The number of hydrogen-bond donors (Lipinski definition) is 0. The van der Waals surface area contributed by atoms with Crippen LogP contribution in [0.1, 0.15) is 39.5 Å². The highest BCUT2D eigenvalue weighted by molar-refractivity contribution is 9.36. The van der Waals surface area contributed by atoms with Gasteiger partial charge in [-0.15, -0.1) is 0 Å². The number of rotatable bonds is 6. The van der Waals surface area contributed by atoms with Crippen molar-refractivity contribution in [1.29, 1.82) is 0 Å². The molecule has 10 heavy (non-hydrogen) atoms. The third kappa shape index (κ3) is 8.91. The fourth-order valence-electron chi connectivity index (χ4n) is 0.921. The fourth-order valence-corrected chi connectivity index (χ4v) is 2.15. The molecule has 0 spiro atoms. The molecule has 0 heterocycles. The average Bonchev–Trinajstić information content (AvgIpc) is 1.87. The van der Waals surface area contributed by atoms with Crippen LogP contribution in [0, 0.1) is 5.92 Å². The van der Waals surface area contributed by atoms with E-state index in [1.54, 1.807) is 0 Å². The van der Waals surface area contributed by atoms with Crippen molar-refractivity contribution in [3.8, 4) is 0 Å². The van der Waals surface area contributed by atoms with Crippen molar-refractivity contribution < 1.29 is 0 Å². The maximum Gasteiger partial charge on any atom is -0.0255 e. The van der Waals surface area contributed by atoms with E-state index in [0.29, 0.717) is 0 Å². The largest absolute Gasteiger partial charge is 0.0642 e. The number of halogens is 1. The molecule has 1 atom stereocenters. The van der Waals surface area contributed by atoms with Crippen molar-refractivity contribution in [3.63, 3.8) is 0 Å². The smallest absolute Gasteiger partial charge is 0.0255 e. The van der Waals surface area contributed by atoms with Gasteiger partial charge in [0, 0.05) is 0 Å². The van der Waals surface area contributed by atoms with Crippen molar-refractivity contribution in [2.45, 2.75) is 39.5 Å². The minimum Gasteiger partial charge on any atom is -0.0642 e. The summed E-state index contributed by atoms with van der Waals surface area (Å²) < 4.78 is 0. The molecule has 1 unspecified atom stereocenters. The quantitative estimate of drug-likeness (QED) is 0.469. The van der Waals surface area contributed by atoms with Gasteiger partial charge in [0.15, 0.2) is 0 Å². The Morgan fingerprint density at radius 1 is 1.20 bits per heavy atom. The predicted molar refractivity (Wildman–Crippen MR) is 55.4 cm³/mol. The van der Waals surface area contributed by atoms with E-state index in [0.717, 1.165) is 13.2 Å². The van der Waals surface area contributed by atoms with E-state index in [-0.39, 0.29) is 0 Å². The van der Waals surface area contributed by atoms with Gasteiger partial charge < -0.3 is 0 Å². The van der Waals surface area contributed by atoms with Crippen molar-refractivity contribution in [1.82, 2.24) is 0 Å². The highest BCUT2D eigenvalue weighted by Gasteiger charge is 1.92. The molecule has 0 aliphatic heterocycles. The minimum absolute atomic E-state index is 0.895. The molecule has 0 saturated heterocycles. The Balaban J connectivity index is 2.77. The van der Waals surface area contributed by atoms with E-state index < -0.39 is 0 Å². The summed E-state index contributed by atoms with van der Waals surface area (Å²) in [6, 6.07) is 0. The third-order valence-electron chi connectivity index (χ3n) is 1.55. The molecule has 0 amide bonds. The summed E-state index contributed by atoms with van der Waals surface area (Å²) in [6.45, 7) is 4.60. The zero-order chi connectivity index (χ0) is 7.82. The van der Waals surface area contributed by atoms with Gasteiger partial charge in [-0.2, -0.15) is 0 Å². The first-order chi connectivity index (χ1) is 4.77. The van der Waals surface area contributed by atoms with E-state index in [2.05, 4.69) is 29.3 Å². The van der Waals surface area contributed by atoms with Gasteiger partial charge >= 0.3 is 0 Å². The SMILES string of the molecule is CC(C)CCCCCPBr. The van der Waals surface area contributed by atoms with Crippen molar-refractivity contribution >= 4 is 22.8 Å². The van der Waals surface area contributed by atoms with Gasteiger partial charge in [0.25, 0.3) is 0 Å². The summed E-state index contributed by atoms with van der Waals surface area (Å²) in [7, 11) is 0.976. The van der Waals surface area contributed by atoms with Crippen LogP contribution in [-0.4, -0.2) is 6.16 Å². The zero-order valence-electron chi connectivity index (χ0n) is 6.99. The monoisotopic (exact) mass is 224 g/mol. The molecule has 0 fully saturated rings. The second kappa shape index (κ2) is 8.01. The molecule has 0 aromatic carbocycles. The van der Waals surface area contributed by atoms with Crippen LogP contribution < -0.4 is 0 Å². The molecule has 0 radical (unpaired) electrons. The fraction of sp³-hybridized carbons (Fsp3) is 1.00. The maximum absolute atomic E-state index is 3.46. The molecule has 0 rings (SSSR count). The molecule has 0 nitrogen and oxygen atoms in total. The van der Waals surface area contributed by atoms with Gasteiger partial charge in [-0.3, -0.25) is 0 Å². The zero-order valence-corrected chi connectivity index (χ0v) is 9.58. The Morgan fingerprint density at radius 2 is 1.90 bits per heavy atom. The molecule has 0 aromatic heterocycles. The Morgan fingerprint density at radius 3 is 2.40 bits per heavy atom. The van der Waals surface area contributed by atoms with Crippen LogP contribution in [0.25, 0.3) is 0 Å². The third-order valence-corrected chi connectivity index (χ3v) is 3.28. The van der Waals surface area contributed by atoms with E-state index in [1.165, 1.54) is 31.8 Å². The second-order valence-electron chi connectivity index (χ2n) is 3.13. The topological polar surface area (TPSA) is 0 Å². The highest BCUT2D eigenvalue weighted by Crippen LogP contribution is 2.21. The number of unbranched alkanes of at least 4 members (excludes halogenated alkanes) is 2. The summed E-state index contributed by atoms with van der Waals surface area (Å²) in [6.07, 6.45) is 7.05. The van der Waals surface area contributed by atoms with Crippen LogP contribution >= 0.6 is 22.8 Å². The summed E-state index contributed by atoms with van der Waals surface area (Å²) in [5.41, 5.74) is 0. The maximum atomic E-state index is 3.46. The van der Waals surface area contributed by atoms with Gasteiger partial charge in [-0.1, -0.05) is 55.9 Å². The first kappa shape index (κ1) is 10.9. The first-order valence-corrected chi connectivity index (χ1v) is 7.57. The number of hydrogen-bond acceptors (Lipinski definition) is 0. The first-order valence-electron chi connectivity index (χ1n) is 4.11. The highest BCUT2D eigenvalue weighted by atomic mass is 79.9. The summed E-state index contributed by atoms with van der Waals surface area (Å²) >= 11 is 3.46. The Hall–Kier alpha value is 0.910. The summed E-state index contributed by atoms with van der Waals surface area (Å²) in [4.78, 5) is 0. The van der Waals surface area contributed by atoms with Crippen LogP contribution in [0.3, 0.4) is 0 Å². The van der Waals surface area contributed by atoms with Crippen LogP contribution in [-0.2, 0) is 0 Å². The van der Waals surface area contributed by atoms with Crippen LogP contribution in [0.2, 0.25) is 0 Å².